The highest BCUT2D eigenvalue weighted by molar-refractivity contribution is 6.06. The molecule has 0 atom stereocenters. The maximum atomic E-state index is 12.9. The van der Waals surface area contributed by atoms with Gasteiger partial charge in [-0.15, -0.1) is 0 Å². The molecule has 0 unspecified atom stereocenters. The summed E-state index contributed by atoms with van der Waals surface area (Å²) in [5.41, 5.74) is 10.7. The molecule has 1 saturated heterocycles. The van der Waals surface area contributed by atoms with Crippen molar-refractivity contribution >= 4 is 34.1 Å². The van der Waals surface area contributed by atoms with E-state index in [0.29, 0.717) is 37.3 Å². The number of ether oxygens (including phenoxy) is 1. The van der Waals surface area contributed by atoms with Crippen molar-refractivity contribution in [2.45, 2.75) is 18.9 Å². The van der Waals surface area contributed by atoms with Crippen LogP contribution in [0.5, 0.6) is 0 Å². The van der Waals surface area contributed by atoms with E-state index in [2.05, 4.69) is 11.1 Å². The lowest BCUT2D eigenvalue weighted by Crippen LogP contribution is -2.54. The van der Waals surface area contributed by atoms with Gasteiger partial charge >= 0.3 is 0 Å². The van der Waals surface area contributed by atoms with Gasteiger partial charge in [0.25, 0.3) is 5.91 Å². The van der Waals surface area contributed by atoms with Gasteiger partial charge in [-0.25, -0.2) is 4.98 Å². The first-order valence-corrected chi connectivity index (χ1v) is 10.4. The van der Waals surface area contributed by atoms with Gasteiger partial charge in [0.05, 0.1) is 6.10 Å². The quantitative estimate of drug-likeness (QED) is 0.709. The van der Waals surface area contributed by atoms with Gasteiger partial charge in [0.1, 0.15) is 5.82 Å². The van der Waals surface area contributed by atoms with Crippen LogP contribution in [0.25, 0.3) is 21.9 Å². The molecule has 2 aromatic carbocycles. The number of carbonyl (C=O) groups excluding carboxylic acids is 2. The number of fused-ring (bicyclic) bond motifs is 2. The summed E-state index contributed by atoms with van der Waals surface area (Å²) in [5.74, 6) is 0.552. The Balaban J connectivity index is 1.57. The first-order valence-electron chi connectivity index (χ1n) is 10.4. The number of nitrogen functional groups attached to an aromatic ring is 1. The lowest BCUT2D eigenvalue weighted by molar-refractivity contribution is -0.118. The van der Waals surface area contributed by atoms with Crippen molar-refractivity contribution in [2.75, 3.05) is 37.9 Å². The van der Waals surface area contributed by atoms with E-state index in [0.717, 1.165) is 33.2 Å². The van der Waals surface area contributed by atoms with Crippen molar-refractivity contribution in [3.8, 4) is 11.1 Å². The molecule has 2 amide bonds. The van der Waals surface area contributed by atoms with Crippen molar-refractivity contribution in [1.82, 2.24) is 9.88 Å². The Morgan fingerprint density at radius 2 is 1.94 bits per heavy atom. The van der Waals surface area contributed by atoms with E-state index < -0.39 is 0 Å². The number of amides is 2. The topological polar surface area (TPSA) is 88.8 Å². The fraction of sp³-hybridized carbons (Fsp3) is 0.292. The molecule has 31 heavy (non-hydrogen) atoms. The largest absolute Gasteiger partial charge is 0.383 e. The molecule has 3 aromatic rings. The molecule has 2 aliphatic rings. The summed E-state index contributed by atoms with van der Waals surface area (Å²) in [5, 5.41) is 1.71. The van der Waals surface area contributed by atoms with Crippen LogP contribution < -0.4 is 10.6 Å². The molecule has 5 rings (SSSR count). The van der Waals surface area contributed by atoms with E-state index in [-0.39, 0.29) is 17.9 Å². The summed E-state index contributed by atoms with van der Waals surface area (Å²) in [4.78, 5) is 32.8. The van der Waals surface area contributed by atoms with Gasteiger partial charge in [0.15, 0.2) is 0 Å². The number of hydrogen-bond acceptors (Lipinski definition) is 5. The lowest BCUT2D eigenvalue weighted by atomic mass is 9.93. The molecule has 1 aromatic heterocycles. The number of benzene rings is 2. The monoisotopic (exact) mass is 416 g/mol. The van der Waals surface area contributed by atoms with Gasteiger partial charge in [-0.3, -0.25) is 9.59 Å². The Morgan fingerprint density at radius 1 is 1.13 bits per heavy atom. The Bertz CT molecular complexity index is 1220. The Kier molecular flexibility index (Phi) is 4.63. The molecule has 7 heteroatoms. The zero-order chi connectivity index (χ0) is 21.7. The smallest absolute Gasteiger partial charge is 0.254 e. The van der Waals surface area contributed by atoms with E-state index >= 15 is 0 Å². The third kappa shape index (κ3) is 3.21. The number of nitrogens with two attached hydrogens (primary N) is 1. The van der Waals surface area contributed by atoms with Gasteiger partial charge in [0, 0.05) is 62.1 Å². The predicted molar refractivity (Wildman–Crippen MR) is 120 cm³/mol. The van der Waals surface area contributed by atoms with Crippen LogP contribution in [-0.4, -0.2) is 55.0 Å². The van der Waals surface area contributed by atoms with Crippen LogP contribution in [0.2, 0.25) is 0 Å². The summed E-state index contributed by atoms with van der Waals surface area (Å²) in [6.45, 7) is 1.21. The number of pyridine rings is 1. The van der Waals surface area contributed by atoms with Crippen molar-refractivity contribution in [2.24, 2.45) is 0 Å². The van der Waals surface area contributed by atoms with Crippen LogP contribution in [0.3, 0.4) is 0 Å². The lowest BCUT2D eigenvalue weighted by Gasteiger charge is -2.38. The minimum absolute atomic E-state index is 0.0119. The summed E-state index contributed by atoms with van der Waals surface area (Å²) >= 11 is 0. The predicted octanol–water partition coefficient (Wildman–Crippen LogP) is 2.86. The number of rotatable bonds is 3. The maximum absolute atomic E-state index is 12.9. The molecule has 0 spiro atoms. The van der Waals surface area contributed by atoms with Crippen LogP contribution in [0.15, 0.2) is 42.6 Å². The SMILES string of the molecule is COC1CN(C(=O)c2ccc3c(N)ncc(-c4ccc5c(c4)CCC(=O)N5C)c3c2)C1. The van der Waals surface area contributed by atoms with Gasteiger partial charge in [-0.1, -0.05) is 6.07 Å². The Hall–Kier alpha value is -3.45. The highest BCUT2D eigenvalue weighted by Crippen LogP contribution is 2.36. The number of hydrogen-bond donors (Lipinski definition) is 1. The van der Waals surface area contributed by atoms with E-state index in [1.807, 2.05) is 31.3 Å². The molecule has 158 valence electrons. The van der Waals surface area contributed by atoms with Gasteiger partial charge in [-0.2, -0.15) is 0 Å². The number of nitrogens with zero attached hydrogens (tertiary/aromatic N) is 3. The number of likely N-dealkylation sites (tertiary alicyclic amines) is 1. The summed E-state index contributed by atoms with van der Waals surface area (Å²) in [7, 11) is 3.47. The third-order valence-electron chi connectivity index (χ3n) is 6.37. The fourth-order valence-corrected chi connectivity index (χ4v) is 4.39. The molecule has 3 heterocycles. The molecule has 0 radical (unpaired) electrons. The average Bonchev–Trinajstić information content (AvgIpc) is 2.75. The van der Waals surface area contributed by atoms with Gasteiger partial charge in [0.2, 0.25) is 5.91 Å². The molecule has 0 aliphatic carbocycles. The molecular weight excluding hydrogens is 392 g/mol. The van der Waals surface area contributed by atoms with Crippen molar-refractivity contribution in [1.29, 1.82) is 0 Å². The standard InChI is InChI=1S/C24H24N4O3/c1-27-21-7-4-14(9-15(21)5-8-22(27)29)20-11-26-23(25)18-6-3-16(10-19(18)20)24(30)28-12-17(13-28)31-2/h3-4,6-7,9-11,17H,5,8,12-13H2,1-2H3,(H2,25,26). The first kappa shape index (κ1) is 19.5. The van der Waals surface area contributed by atoms with Gasteiger partial charge in [-0.05, 0) is 53.3 Å². The van der Waals surface area contributed by atoms with Crippen molar-refractivity contribution in [3.05, 3.63) is 53.7 Å². The molecule has 7 nitrogen and oxygen atoms in total. The van der Waals surface area contributed by atoms with Crippen LogP contribution >= 0.6 is 0 Å². The second-order valence-corrected chi connectivity index (χ2v) is 8.18. The third-order valence-corrected chi connectivity index (χ3v) is 6.37. The highest BCUT2D eigenvalue weighted by Gasteiger charge is 2.31. The number of methoxy groups -OCH3 is 1. The fourth-order valence-electron chi connectivity index (χ4n) is 4.39. The highest BCUT2D eigenvalue weighted by atomic mass is 16.5. The van der Waals surface area contributed by atoms with Crippen molar-refractivity contribution < 1.29 is 14.3 Å². The number of carbonyl (C=O) groups is 2. The molecular formula is C24H24N4O3. The number of aromatic nitrogens is 1. The van der Waals surface area contributed by atoms with E-state index in [1.54, 1.807) is 29.2 Å². The summed E-state index contributed by atoms with van der Waals surface area (Å²) in [6.07, 6.45) is 3.09. The van der Waals surface area contributed by atoms with Crippen LogP contribution in [0.4, 0.5) is 11.5 Å². The minimum atomic E-state index is -0.0119. The molecule has 1 fully saturated rings. The molecule has 0 bridgehead atoms. The number of aryl methyl sites for hydroxylation is 1. The van der Waals surface area contributed by atoms with Crippen molar-refractivity contribution in [3.63, 3.8) is 0 Å². The van der Waals surface area contributed by atoms with Crippen LogP contribution in [0.1, 0.15) is 22.3 Å². The molecule has 2 aliphatic heterocycles. The summed E-state index contributed by atoms with van der Waals surface area (Å²) in [6, 6.07) is 11.7. The van der Waals surface area contributed by atoms with E-state index in [9.17, 15) is 9.59 Å². The Morgan fingerprint density at radius 3 is 2.71 bits per heavy atom. The zero-order valence-corrected chi connectivity index (χ0v) is 17.6. The van der Waals surface area contributed by atoms with Crippen LogP contribution in [-0.2, 0) is 16.0 Å². The first-order chi connectivity index (χ1) is 15.0. The minimum Gasteiger partial charge on any atom is -0.383 e. The number of anilines is 2. The summed E-state index contributed by atoms with van der Waals surface area (Å²) < 4.78 is 5.28. The Labute approximate surface area is 180 Å². The second-order valence-electron chi connectivity index (χ2n) is 8.18. The van der Waals surface area contributed by atoms with Crippen LogP contribution in [0, 0.1) is 0 Å². The molecule has 0 saturated carbocycles. The average molecular weight is 416 g/mol. The normalized spacial score (nSPS) is 16.4. The molecule has 2 N–H and O–H groups in total. The maximum Gasteiger partial charge on any atom is 0.254 e. The van der Waals surface area contributed by atoms with Gasteiger partial charge < -0.3 is 20.3 Å². The van der Waals surface area contributed by atoms with E-state index in [4.69, 9.17) is 10.5 Å². The van der Waals surface area contributed by atoms with E-state index in [1.165, 1.54) is 0 Å². The zero-order valence-electron chi connectivity index (χ0n) is 17.6. The second kappa shape index (κ2) is 7.35.